The maximum absolute atomic E-state index is 14.2. The molecule has 0 saturated heterocycles. The Labute approximate surface area is 358 Å². The van der Waals surface area contributed by atoms with E-state index >= 15 is 0 Å². The first-order chi connectivity index (χ1) is 30.3. The van der Waals surface area contributed by atoms with Crippen LogP contribution in [0.2, 0.25) is 0 Å². The van der Waals surface area contributed by atoms with Gasteiger partial charge in [-0.25, -0.2) is 28.7 Å². The van der Waals surface area contributed by atoms with Crippen LogP contribution in [0.4, 0.5) is 20.4 Å². The number of anilines is 2. The number of carbonyl (C=O) groups is 2. The highest BCUT2D eigenvalue weighted by Crippen LogP contribution is 2.32. The fourth-order valence-corrected chi connectivity index (χ4v) is 8.02. The molecule has 0 spiro atoms. The number of thiophene rings is 1. The summed E-state index contributed by atoms with van der Waals surface area (Å²) < 4.78 is 32.0. The van der Waals surface area contributed by atoms with Gasteiger partial charge < -0.3 is 21.3 Å². The predicted octanol–water partition coefficient (Wildman–Crippen LogP) is 9.27. The van der Waals surface area contributed by atoms with Gasteiger partial charge in [0, 0.05) is 57.9 Å². The van der Waals surface area contributed by atoms with Gasteiger partial charge in [0.1, 0.15) is 11.6 Å². The lowest BCUT2D eigenvalue weighted by molar-refractivity contribution is 0.0942. The van der Waals surface area contributed by atoms with Crippen LogP contribution in [0.1, 0.15) is 58.2 Å². The lowest BCUT2D eigenvalue weighted by atomic mass is 10.1. The van der Waals surface area contributed by atoms with Crippen molar-refractivity contribution in [2.75, 3.05) is 17.2 Å². The first kappa shape index (κ1) is 38.9. The molecule has 2 aliphatic carbocycles. The van der Waals surface area contributed by atoms with Crippen LogP contribution in [0.15, 0.2) is 115 Å². The number of imidazole rings is 2. The Hall–Kier alpha value is -7.26. The Bertz CT molecular complexity index is 3120. The minimum atomic E-state index is -0.336. The lowest BCUT2D eigenvalue weighted by Crippen LogP contribution is -2.25. The molecule has 0 atom stereocenters. The second-order valence-electron chi connectivity index (χ2n) is 15.4. The smallest absolute Gasteiger partial charge is 0.251 e. The lowest BCUT2D eigenvalue weighted by Gasteiger charge is -2.11. The van der Waals surface area contributed by atoms with E-state index < -0.39 is 0 Å². The van der Waals surface area contributed by atoms with Gasteiger partial charge in [0.05, 0.1) is 52.4 Å². The summed E-state index contributed by atoms with van der Waals surface area (Å²) in [5, 5.41) is 14.6. The second-order valence-corrected chi connectivity index (χ2v) is 16.4. The molecule has 5 heterocycles. The first-order valence-corrected chi connectivity index (χ1v) is 21.4. The Morgan fingerprint density at radius 3 is 1.58 bits per heavy atom. The van der Waals surface area contributed by atoms with Crippen molar-refractivity contribution in [1.82, 2.24) is 39.4 Å². The van der Waals surface area contributed by atoms with Crippen molar-refractivity contribution < 1.29 is 18.4 Å². The van der Waals surface area contributed by atoms with Gasteiger partial charge in [-0.15, -0.1) is 11.3 Å². The molecule has 2 saturated carbocycles. The maximum Gasteiger partial charge on any atom is 0.251 e. The van der Waals surface area contributed by atoms with E-state index in [2.05, 4.69) is 42.3 Å². The summed E-state index contributed by atoms with van der Waals surface area (Å²) in [6, 6.07) is 28.6. The predicted molar refractivity (Wildman–Crippen MR) is 239 cm³/mol. The zero-order valence-electron chi connectivity index (χ0n) is 33.5. The summed E-state index contributed by atoms with van der Waals surface area (Å²) in [7, 11) is 0. The van der Waals surface area contributed by atoms with Gasteiger partial charge in [-0.3, -0.25) is 18.4 Å². The molecule has 15 heteroatoms. The van der Waals surface area contributed by atoms with E-state index in [0.717, 1.165) is 48.2 Å². The van der Waals surface area contributed by atoms with Gasteiger partial charge in [-0.2, -0.15) is 0 Å². The average Bonchev–Trinajstić information content (AvgIpc) is 4.10. The van der Waals surface area contributed by atoms with Crippen molar-refractivity contribution >= 4 is 68.1 Å². The van der Waals surface area contributed by atoms with Gasteiger partial charge in [-0.1, -0.05) is 30.3 Å². The Balaban J connectivity index is 0.000000149. The molecule has 2 fully saturated rings. The number of carbonyl (C=O) groups excluding carboxylic acids is 2. The highest BCUT2D eigenvalue weighted by atomic mass is 32.1. The van der Waals surface area contributed by atoms with Gasteiger partial charge >= 0.3 is 0 Å². The number of aromatic nitrogens is 6. The molecule has 0 aliphatic heterocycles. The third-order valence-electron chi connectivity index (χ3n) is 10.8. The first-order valence-electron chi connectivity index (χ1n) is 20.6. The summed E-state index contributed by atoms with van der Waals surface area (Å²) >= 11 is 1.67. The molecule has 11 rings (SSSR count). The van der Waals surface area contributed by atoms with Crippen molar-refractivity contribution in [2.45, 2.75) is 51.2 Å². The van der Waals surface area contributed by atoms with Crippen molar-refractivity contribution in [1.29, 1.82) is 0 Å². The molecule has 62 heavy (non-hydrogen) atoms. The molecule has 4 aromatic carbocycles. The van der Waals surface area contributed by atoms with E-state index in [0.29, 0.717) is 81.3 Å². The molecule has 0 bridgehead atoms. The average molecular weight is 847 g/mol. The van der Waals surface area contributed by atoms with Crippen LogP contribution in [0.25, 0.3) is 55.9 Å². The Morgan fingerprint density at radius 2 is 1.15 bits per heavy atom. The number of nitrogens with zero attached hydrogens (tertiary/aromatic N) is 6. The molecule has 2 amide bonds. The standard InChI is InChI=1S/C25H20FN5OS.C22H20FN5O/c26-17-7-10-20-21(12-17)31-22(15-3-5-16(6-4-15)25(32)29-18-8-9-18)14-28-24(31)23(30-20)27-13-19-2-1-11-33-19;1-2-24-20-21-25-12-19(28(21)18-11-15(23)7-10-17(18)27-20)13-3-5-14(6-4-13)22(29)26-16-8-9-16/h1-7,10-12,14,18H,8-9,13H2,(H,27,30)(H,29,32);3-7,10-12,16H,2,8-9H2,1H3,(H,24,27)(H,26,29). The largest absolute Gasteiger partial charge is 0.367 e. The van der Waals surface area contributed by atoms with Crippen LogP contribution in [-0.4, -0.2) is 59.2 Å². The molecule has 12 nitrogen and oxygen atoms in total. The minimum absolute atomic E-state index is 0.0525. The van der Waals surface area contributed by atoms with Crippen LogP contribution in [-0.2, 0) is 6.54 Å². The van der Waals surface area contributed by atoms with E-state index in [1.54, 1.807) is 35.9 Å². The van der Waals surface area contributed by atoms with E-state index in [1.807, 2.05) is 75.7 Å². The van der Waals surface area contributed by atoms with E-state index in [1.165, 1.54) is 29.1 Å². The fraction of sp³-hybridized carbons (Fsp3) is 0.191. The number of halogens is 2. The molecular formula is C47H40F2N10O2S. The van der Waals surface area contributed by atoms with Crippen molar-refractivity contribution in [2.24, 2.45) is 0 Å². The summed E-state index contributed by atoms with van der Waals surface area (Å²) in [5.41, 5.74) is 8.50. The quantitative estimate of drug-likeness (QED) is 0.101. The molecule has 9 aromatic rings. The summed E-state index contributed by atoms with van der Waals surface area (Å²) in [5.74, 6) is 0.509. The molecular weight excluding hydrogens is 807 g/mol. The fourth-order valence-electron chi connectivity index (χ4n) is 7.38. The third kappa shape index (κ3) is 7.89. The number of rotatable bonds is 11. The van der Waals surface area contributed by atoms with E-state index in [-0.39, 0.29) is 23.4 Å². The van der Waals surface area contributed by atoms with Crippen LogP contribution < -0.4 is 21.3 Å². The van der Waals surface area contributed by atoms with Gasteiger partial charge in [0.25, 0.3) is 11.8 Å². The number of hydrogen-bond donors (Lipinski definition) is 4. The van der Waals surface area contributed by atoms with Crippen molar-refractivity contribution in [3.63, 3.8) is 0 Å². The van der Waals surface area contributed by atoms with Gasteiger partial charge in [0.15, 0.2) is 22.9 Å². The molecule has 4 N–H and O–H groups in total. The van der Waals surface area contributed by atoms with Gasteiger partial charge in [0.2, 0.25) is 0 Å². The molecule has 0 radical (unpaired) electrons. The monoisotopic (exact) mass is 846 g/mol. The number of benzene rings is 4. The van der Waals surface area contributed by atoms with Crippen molar-refractivity contribution in [3.05, 3.63) is 142 Å². The SMILES string of the molecule is CCNc1nc2ccc(F)cc2n2c(-c3ccc(C(=O)NC4CC4)cc3)cnc12.O=C(NC1CC1)c1ccc(-c2cnc3c(NCc4cccs4)nc4ccc(F)cc4n23)cc1. The molecule has 310 valence electrons. The van der Waals surface area contributed by atoms with Gasteiger partial charge in [-0.05, 0) is 92.6 Å². The zero-order valence-corrected chi connectivity index (χ0v) is 34.3. The third-order valence-corrected chi connectivity index (χ3v) is 11.7. The van der Waals surface area contributed by atoms with E-state index in [9.17, 15) is 18.4 Å². The maximum atomic E-state index is 14.2. The number of fused-ring (bicyclic) bond motifs is 6. The normalized spacial score (nSPS) is 13.6. The van der Waals surface area contributed by atoms with Crippen LogP contribution in [0.3, 0.4) is 0 Å². The second kappa shape index (κ2) is 16.3. The summed E-state index contributed by atoms with van der Waals surface area (Å²) in [6.45, 7) is 3.31. The van der Waals surface area contributed by atoms with Crippen LogP contribution in [0, 0.1) is 11.6 Å². The minimum Gasteiger partial charge on any atom is -0.367 e. The summed E-state index contributed by atoms with van der Waals surface area (Å²) in [6.07, 6.45) is 7.71. The molecule has 2 aliphatic rings. The number of amides is 2. The van der Waals surface area contributed by atoms with Crippen LogP contribution >= 0.6 is 11.3 Å². The topological polar surface area (TPSA) is 143 Å². The Kier molecular flexibility index (Phi) is 10.2. The highest BCUT2D eigenvalue weighted by molar-refractivity contribution is 7.09. The van der Waals surface area contributed by atoms with Crippen molar-refractivity contribution in [3.8, 4) is 22.5 Å². The summed E-state index contributed by atoms with van der Waals surface area (Å²) in [4.78, 5) is 44.2. The zero-order chi connectivity index (χ0) is 42.3. The highest BCUT2D eigenvalue weighted by Gasteiger charge is 2.25. The molecule has 5 aromatic heterocycles. The molecule has 0 unspecified atom stereocenters. The Morgan fingerprint density at radius 1 is 0.661 bits per heavy atom. The van der Waals surface area contributed by atoms with E-state index in [4.69, 9.17) is 4.98 Å². The number of nitrogens with one attached hydrogen (secondary N) is 4. The van der Waals surface area contributed by atoms with Crippen LogP contribution in [0.5, 0.6) is 0 Å². The number of hydrogen-bond acceptors (Lipinski definition) is 9.